The number of carbonyl (C=O) groups excluding carboxylic acids is 1. The molecule has 2 aromatic rings. The standard InChI is InChI=1S/C16H14O6/c17-8-11(18)14-15(13(19)16(20)22-14)21-12-7-3-5-9-4-1-2-6-10(9)12/h1-7,11,14,17-19H,8H2/t11-,14+/m0/s1. The molecule has 1 aliphatic heterocycles. The number of hydrogen-bond acceptors (Lipinski definition) is 6. The monoisotopic (exact) mass is 302 g/mol. The van der Waals surface area contributed by atoms with Crippen molar-refractivity contribution in [1.82, 2.24) is 0 Å². The lowest BCUT2D eigenvalue weighted by molar-refractivity contribution is -0.147. The smallest absolute Gasteiger partial charge is 0.378 e. The first kappa shape index (κ1) is 14.4. The third-order valence-corrected chi connectivity index (χ3v) is 3.43. The first-order valence-corrected chi connectivity index (χ1v) is 6.70. The number of rotatable bonds is 4. The maximum atomic E-state index is 11.5. The number of hydrogen-bond donors (Lipinski definition) is 3. The van der Waals surface area contributed by atoms with Gasteiger partial charge in [0.25, 0.3) is 0 Å². The molecule has 0 bridgehead atoms. The average Bonchev–Trinajstić information content (AvgIpc) is 2.83. The van der Waals surface area contributed by atoms with Crippen LogP contribution in [0.2, 0.25) is 0 Å². The fourth-order valence-electron chi connectivity index (χ4n) is 2.32. The van der Waals surface area contributed by atoms with Crippen LogP contribution >= 0.6 is 0 Å². The summed E-state index contributed by atoms with van der Waals surface area (Å²) in [7, 11) is 0. The van der Waals surface area contributed by atoms with Gasteiger partial charge in [-0.15, -0.1) is 0 Å². The van der Waals surface area contributed by atoms with Crippen LogP contribution in [0.5, 0.6) is 5.75 Å². The minimum absolute atomic E-state index is 0.206. The Labute approximate surface area is 125 Å². The number of fused-ring (bicyclic) bond motifs is 1. The van der Waals surface area contributed by atoms with E-state index in [0.717, 1.165) is 10.8 Å². The molecule has 6 nitrogen and oxygen atoms in total. The number of benzene rings is 2. The van der Waals surface area contributed by atoms with E-state index in [-0.39, 0.29) is 5.76 Å². The summed E-state index contributed by atoms with van der Waals surface area (Å²) in [6, 6.07) is 12.8. The van der Waals surface area contributed by atoms with Crippen molar-refractivity contribution in [2.24, 2.45) is 0 Å². The molecule has 0 radical (unpaired) electrons. The van der Waals surface area contributed by atoms with E-state index in [0.29, 0.717) is 5.75 Å². The Balaban J connectivity index is 2.01. The second kappa shape index (κ2) is 5.67. The van der Waals surface area contributed by atoms with Crippen molar-refractivity contribution in [3.63, 3.8) is 0 Å². The molecule has 2 atom stereocenters. The van der Waals surface area contributed by atoms with E-state index in [9.17, 15) is 15.0 Å². The van der Waals surface area contributed by atoms with Crippen molar-refractivity contribution >= 4 is 16.7 Å². The second-order valence-electron chi connectivity index (χ2n) is 4.87. The zero-order valence-electron chi connectivity index (χ0n) is 11.5. The molecule has 0 saturated carbocycles. The van der Waals surface area contributed by atoms with Gasteiger partial charge in [-0.1, -0.05) is 36.4 Å². The molecule has 2 aromatic carbocycles. The van der Waals surface area contributed by atoms with E-state index in [1.54, 1.807) is 12.1 Å². The maximum Gasteiger partial charge on any atom is 0.378 e. The molecule has 0 saturated heterocycles. The predicted molar refractivity (Wildman–Crippen MR) is 77.2 cm³/mol. The van der Waals surface area contributed by atoms with Gasteiger partial charge in [0.15, 0.2) is 11.9 Å². The zero-order chi connectivity index (χ0) is 15.7. The predicted octanol–water partition coefficient (Wildman–Crippen LogP) is 1.27. The molecule has 114 valence electrons. The Kier molecular flexibility index (Phi) is 3.70. The van der Waals surface area contributed by atoms with Crippen molar-refractivity contribution in [3.05, 3.63) is 54.0 Å². The minimum Gasteiger partial charge on any atom is -0.499 e. The maximum absolute atomic E-state index is 11.5. The van der Waals surface area contributed by atoms with Gasteiger partial charge in [-0.05, 0) is 11.5 Å². The van der Waals surface area contributed by atoms with Gasteiger partial charge in [0.05, 0.1) is 6.61 Å². The first-order chi connectivity index (χ1) is 10.6. The summed E-state index contributed by atoms with van der Waals surface area (Å²) in [6.07, 6.45) is -2.62. The van der Waals surface area contributed by atoms with Gasteiger partial charge in [0, 0.05) is 5.39 Å². The van der Waals surface area contributed by atoms with E-state index >= 15 is 0 Å². The Hall–Kier alpha value is -2.57. The van der Waals surface area contributed by atoms with E-state index in [1.165, 1.54) is 0 Å². The number of ether oxygens (including phenoxy) is 2. The molecule has 1 aliphatic rings. The molecule has 1 heterocycles. The molecule has 0 unspecified atom stereocenters. The van der Waals surface area contributed by atoms with E-state index < -0.39 is 30.5 Å². The summed E-state index contributed by atoms with van der Waals surface area (Å²) < 4.78 is 10.4. The van der Waals surface area contributed by atoms with Crippen molar-refractivity contribution in [2.75, 3.05) is 6.61 Å². The molecule has 0 spiro atoms. The van der Waals surface area contributed by atoms with E-state index in [4.69, 9.17) is 14.6 Å². The van der Waals surface area contributed by atoms with Crippen molar-refractivity contribution in [2.45, 2.75) is 12.2 Å². The van der Waals surface area contributed by atoms with Crippen molar-refractivity contribution in [3.8, 4) is 5.75 Å². The van der Waals surface area contributed by atoms with Crippen LogP contribution in [0.4, 0.5) is 0 Å². The van der Waals surface area contributed by atoms with Crippen molar-refractivity contribution in [1.29, 1.82) is 0 Å². The van der Waals surface area contributed by atoms with Gasteiger partial charge < -0.3 is 24.8 Å². The highest BCUT2D eigenvalue weighted by atomic mass is 16.6. The quantitative estimate of drug-likeness (QED) is 0.736. The summed E-state index contributed by atoms with van der Waals surface area (Å²) in [5.41, 5.74) is 0. The largest absolute Gasteiger partial charge is 0.499 e. The Morgan fingerprint density at radius 2 is 1.91 bits per heavy atom. The average molecular weight is 302 g/mol. The molecule has 0 fully saturated rings. The summed E-state index contributed by atoms with van der Waals surface area (Å²) in [6.45, 7) is -0.631. The third-order valence-electron chi connectivity index (χ3n) is 3.43. The number of cyclic esters (lactones) is 1. The highest BCUT2D eigenvalue weighted by molar-refractivity contribution is 5.90. The van der Waals surface area contributed by atoms with E-state index in [2.05, 4.69) is 0 Å². The Bertz CT molecular complexity index is 746. The lowest BCUT2D eigenvalue weighted by Gasteiger charge is -2.18. The fourth-order valence-corrected chi connectivity index (χ4v) is 2.32. The highest BCUT2D eigenvalue weighted by Gasteiger charge is 2.41. The van der Waals surface area contributed by atoms with Crippen LogP contribution in [0.3, 0.4) is 0 Å². The topological polar surface area (TPSA) is 96.2 Å². The van der Waals surface area contributed by atoms with Crippen LogP contribution in [-0.4, -0.2) is 40.1 Å². The first-order valence-electron chi connectivity index (χ1n) is 6.70. The van der Waals surface area contributed by atoms with E-state index in [1.807, 2.05) is 30.3 Å². The van der Waals surface area contributed by atoms with Crippen LogP contribution in [0.25, 0.3) is 10.8 Å². The minimum atomic E-state index is -1.38. The van der Waals surface area contributed by atoms with Crippen LogP contribution in [0, 0.1) is 0 Å². The summed E-state index contributed by atoms with van der Waals surface area (Å²) in [5.74, 6) is -1.49. The Morgan fingerprint density at radius 3 is 2.68 bits per heavy atom. The molecule has 6 heteroatoms. The summed E-state index contributed by atoms with van der Waals surface area (Å²) in [4.78, 5) is 11.5. The fraction of sp³-hybridized carbons (Fsp3) is 0.188. The molecule has 0 aromatic heterocycles. The molecule has 22 heavy (non-hydrogen) atoms. The van der Waals surface area contributed by atoms with Gasteiger partial charge in [0.1, 0.15) is 11.9 Å². The number of esters is 1. The SMILES string of the molecule is O=C1O[C@H]([C@@H](O)CO)C(Oc2cccc3ccccc23)=C1O. The van der Waals surface area contributed by atoms with Crippen LogP contribution in [0.1, 0.15) is 0 Å². The highest BCUT2D eigenvalue weighted by Crippen LogP contribution is 2.31. The lowest BCUT2D eigenvalue weighted by Crippen LogP contribution is -2.33. The molecule has 3 rings (SSSR count). The van der Waals surface area contributed by atoms with Crippen LogP contribution in [0.15, 0.2) is 54.0 Å². The van der Waals surface area contributed by atoms with Gasteiger partial charge in [-0.25, -0.2) is 4.79 Å². The third kappa shape index (κ3) is 2.38. The van der Waals surface area contributed by atoms with Crippen LogP contribution < -0.4 is 4.74 Å². The number of aliphatic hydroxyl groups is 3. The summed E-state index contributed by atoms with van der Waals surface area (Å²) in [5, 5.41) is 30.2. The van der Waals surface area contributed by atoms with Crippen LogP contribution in [-0.2, 0) is 9.53 Å². The van der Waals surface area contributed by atoms with Gasteiger partial charge >= 0.3 is 5.97 Å². The van der Waals surface area contributed by atoms with Crippen molar-refractivity contribution < 1.29 is 29.6 Å². The zero-order valence-corrected chi connectivity index (χ0v) is 11.5. The van der Waals surface area contributed by atoms with Gasteiger partial charge in [-0.2, -0.15) is 0 Å². The molecular weight excluding hydrogens is 288 g/mol. The van der Waals surface area contributed by atoms with Gasteiger partial charge in [-0.3, -0.25) is 0 Å². The van der Waals surface area contributed by atoms with Gasteiger partial charge in [0.2, 0.25) is 5.76 Å². The molecule has 3 N–H and O–H groups in total. The number of carbonyl (C=O) groups is 1. The normalized spacial score (nSPS) is 19.4. The second-order valence-corrected chi connectivity index (χ2v) is 4.87. The summed E-state index contributed by atoms with van der Waals surface area (Å²) >= 11 is 0. The number of aliphatic hydroxyl groups excluding tert-OH is 3. The molecule has 0 aliphatic carbocycles. The Morgan fingerprint density at radius 1 is 1.18 bits per heavy atom. The lowest BCUT2D eigenvalue weighted by atomic mass is 10.1. The molecular formula is C16H14O6. The molecule has 0 amide bonds.